The van der Waals surface area contributed by atoms with Crippen molar-refractivity contribution in [2.24, 2.45) is 0 Å². The van der Waals surface area contributed by atoms with Gasteiger partial charge in [-0.15, -0.1) is 0 Å². The van der Waals surface area contributed by atoms with E-state index in [4.69, 9.17) is 0 Å². The van der Waals surface area contributed by atoms with Crippen LogP contribution in [-0.2, 0) is 4.79 Å². The maximum Gasteiger partial charge on any atom is 0.273 e. The lowest BCUT2D eigenvalue weighted by Gasteiger charge is -2.20. The molecular formula is C21H19FN4O2. The van der Waals surface area contributed by atoms with Crippen molar-refractivity contribution in [1.82, 2.24) is 14.2 Å². The summed E-state index contributed by atoms with van der Waals surface area (Å²) in [5, 5.41) is 3.65. The third-order valence-corrected chi connectivity index (χ3v) is 4.79. The van der Waals surface area contributed by atoms with Crippen molar-refractivity contribution < 1.29 is 9.18 Å². The van der Waals surface area contributed by atoms with Crippen molar-refractivity contribution >= 4 is 28.1 Å². The number of para-hydroxylation sites is 1. The van der Waals surface area contributed by atoms with Gasteiger partial charge in [-0.3, -0.25) is 14.3 Å². The molecule has 4 aromatic rings. The molecule has 142 valence electrons. The number of halogens is 1. The number of carbonyl (C=O) groups excluding carboxylic acids is 1. The largest absolute Gasteiger partial charge is 0.324 e. The number of benzene rings is 2. The van der Waals surface area contributed by atoms with Crippen LogP contribution in [0.1, 0.15) is 25.1 Å². The molecule has 2 heterocycles. The Hall–Kier alpha value is -3.48. The number of hydrogen-bond acceptors (Lipinski definition) is 3. The highest BCUT2D eigenvalue weighted by atomic mass is 19.1. The van der Waals surface area contributed by atoms with Gasteiger partial charge in [-0.05, 0) is 49.7 Å². The lowest BCUT2D eigenvalue weighted by atomic mass is 10.2. The van der Waals surface area contributed by atoms with Crippen molar-refractivity contribution in [3.63, 3.8) is 0 Å². The molecule has 0 unspecified atom stereocenters. The lowest BCUT2D eigenvalue weighted by molar-refractivity contribution is -0.119. The first-order chi connectivity index (χ1) is 13.5. The molecule has 2 aromatic heterocycles. The molecule has 6 nitrogen and oxygen atoms in total. The first-order valence-corrected chi connectivity index (χ1v) is 9.05. The van der Waals surface area contributed by atoms with Gasteiger partial charge in [0, 0.05) is 22.8 Å². The van der Waals surface area contributed by atoms with E-state index < -0.39 is 6.04 Å². The second-order valence-corrected chi connectivity index (χ2v) is 6.65. The summed E-state index contributed by atoms with van der Waals surface area (Å²) in [5.41, 5.74) is 2.23. The molecule has 0 aliphatic heterocycles. The highest BCUT2D eigenvalue weighted by molar-refractivity contribution is 5.97. The Morgan fingerprint density at radius 3 is 2.61 bits per heavy atom. The van der Waals surface area contributed by atoms with Gasteiger partial charge in [-0.2, -0.15) is 4.98 Å². The van der Waals surface area contributed by atoms with Crippen molar-refractivity contribution in [2.45, 2.75) is 26.3 Å². The Morgan fingerprint density at radius 2 is 1.89 bits per heavy atom. The van der Waals surface area contributed by atoms with Gasteiger partial charge < -0.3 is 5.32 Å². The number of anilines is 1. The SMILES string of the molecule is CC[C@@H](C(=O)Nc1ccc(F)cc1)n1c2ccccc2c2nc(=O)cc(C)n21. The van der Waals surface area contributed by atoms with Crippen LogP contribution in [-0.4, -0.2) is 20.1 Å². The summed E-state index contributed by atoms with van der Waals surface area (Å²) in [6, 6.07) is 14.1. The normalized spacial score (nSPS) is 12.4. The molecule has 0 saturated carbocycles. The molecule has 1 atom stereocenters. The van der Waals surface area contributed by atoms with E-state index in [9.17, 15) is 14.0 Å². The van der Waals surface area contributed by atoms with E-state index in [2.05, 4.69) is 10.3 Å². The van der Waals surface area contributed by atoms with Crippen LogP contribution in [0.5, 0.6) is 0 Å². The number of aryl methyl sites for hydroxylation is 1. The average Bonchev–Trinajstić information content (AvgIpc) is 2.99. The molecule has 0 spiro atoms. The van der Waals surface area contributed by atoms with E-state index in [-0.39, 0.29) is 17.3 Å². The number of rotatable bonds is 4. The molecule has 2 aromatic carbocycles. The lowest BCUT2D eigenvalue weighted by Crippen LogP contribution is -2.29. The zero-order valence-corrected chi connectivity index (χ0v) is 15.5. The van der Waals surface area contributed by atoms with Crippen LogP contribution in [0.3, 0.4) is 0 Å². The van der Waals surface area contributed by atoms with Crippen molar-refractivity contribution in [3.8, 4) is 0 Å². The first kappa shape index (κ1) is 17.9. The minimum atomic E-state index is -0.546. The zero-order chi connectivity index (χ0) is 19.8. The smallest absolute Gasteiger partial charge is 0.273 e. The van der Waals surface area contributed by atoms with Gasteiger partial charge in [-0.1, -0.05) is 19.1 Å². The summed E-state index contributed by atoms with van der Waals surface area (Å²) in [4.78, 5) is 29.2. The van der Waals surface area contributed by atoms with Gasteiger partial charge in [0.05, 0.1) is 5.52 Å². The van der Waals surface area contributed by atoms with Crippen molar-refractivity contribution in [2.75, 3.05) is 5.32 Å². The Bertz CT molecular complexity index is 1240. The summed E-state index contributed by atoms with van der Waals surface area (Å²) < 4.78 is 16.8. The summed E-state index contributed by atoms with van der Waals surface area (Å²) in [5.74, 6) is -0.590. The first-order valence-electron chi connectivity index (χ1n) is 9.05. The maximum atomic E-state index is 13.1. The average molecular weight is 378 g/mol. The van der Waals surface area contributed by atoms with Crippen molar-refractivity contribution in [3.05, 3.63) is 76.5 Å². The second kappa shape index (κ2) is 6.92. The van der Waals surface area contributed by atoms with Gasteiger partial charge in [0.1, 0.15) is 11.9 Å². The molecule has 0 aliphatic carbocycles. The van der Waals surface area contributed by atoms with Gasteiger partial charge in [0.25, 0.3) is 5.56 Å². The summed E-state index contributed by atoms with van der Waals surface area (Å²) in [6.07, 6.45) is 0.520. The molecule has 0 radical (unpaired) electrons. The molecule has 0 aliphatic rings. The Kier molecular flexibility index (Phi) is 4.43. The van der Waals surface area contributed by atoms with Crippen LogP contribution in [0.15, 0.2) is 59.4 Å². The fourth-order valence-corrected chi connectivity index (χ4v) is 3.54. The number of carbonyl (C=O) groups is 1. The van der Waals surface area contributed by atoms with E-state index in [1.807, 2.05) is 47.3 Å². The molecular weight excluding hydrogens is 359 g/mol. The van der Waals surface area contributed by atoms with Gasteiger partial charge in [0.2, 0.25) is 5.91 Å². The zero-order valence-electron chi connectivity index (χ0n) is 15.5. The van der Waals surface area contributed by atoms with Gasteiger partial charge in [0.15, 0.2) is 5.65 Å². The number of aromatic nitrogens is 3. The summed E-state index contributed by atoms with van der Waals surface area (Å²) in [6.45, 7) is 3.73. The van der Waals surface area contributed by atoms with Crippen LogP contribution in [0, 0.1) is 12.7 Å². The molecule has 0 fully saturated rings. The minimum Gasteiger partial charge on any atom is -0.324 e. The molecule has 28 heavy (non-hydrogen) atoms. The fourth-order valence-electron chi connectivity index (χ4n) is 3.54. The molecule has 1 amide bonds. The van der Waals surface area contributed by atoms with Gasteiger partial charge in [-0.25, -0.2) is 8.91 Å². The third kappa shape index (κ3) is 2.94. The topological polar surface area (TPSA) is 68.4 Å². The van der Waals surface area contributed by atoms with E-state index in [0.717, 1.165) is 10.9 Å². The highest BCUT2D eigenvalue weighted by Crippen LogP contribution is 2.27. The summed E-state index contributed by atoms with van der Waals surface area (Å²) in [7, 11) is 0. The van der Waals surface area contributed by atoms with E-state index in [1.54, 1.807) is 0 Å². The summed E-state index contributed by atoms with van der Waals surface area (Å²) >= 11 is 0. The minimum absolute atomic E-state index is 0.227. The van der Waals surface area contributed by atoms with E-state index >= 15 is 0 Å². The quantitative estimate of drug-likeness (QED) is 0.589. The molecule has 1 N–H and O–H groups in total. The predicted octanol–water partition coefficient (Wildman–Crippen LogP) is 3.69. The predicted molar refractivity (Wildman–Crippen MR) is 106 cm³/mol. The Labute approximate surface area is 160 Å². The number of nitrogens with zero attached hydrogens (tertiary/aromatic N) is 3. The van der Waals surface area contributed by atoms with E-state index in [0.29, 0.717) is 23.4 Å². The Morgan fingerprint density at radius 1 is 1.18 bits per heavy atom. The second-order valence-electron chi connectivity index (χ2n) is 6.65. The number of nitrogens with one attached hydrogen (secondary N) is 1. The molecule has 7 heteroatoms. The molecule has 0 bridgehead atoms. The van der Waals surface area contributed by atoms with Crippen molar-refractivity contribution in [1.29, 1.82) is 0 Å². The van der Waals surface area contributed by atoms with Crippen LogP contribution in [0.4, 0.5) is 10.1 Å². The maximum absolute atomic E-state index is 13.1. The van der Waals surface area contributed by atoms with Gasteiger partial charge >= 0.3 is 0 Å². The van der Waals surface area contributed by atoms with Crippen LogP contribution >= 0.6 is 0 Å². The fraction of sp³-hybridized carbons (Fsp3) is 0.190. The monoisotopic (exact) mass is 378 g/mol. The highest BCUT2D eigenvalue weighted by Gasteiger charge is 2.24. The van der Waals surface area contributed by atoms with Crippen LogP contribution in [0.25, 0.3) is 16.6 Å². The number of amides is 1. The third-order valence-electron chi connectivity index (χ3n) is 4.79. The number of fused-ring (bicyclic) bond motifs is 3. The van der Waals surface area contributed by atoms with E-state index in [1.165, 1.54) is 30.3 Å². The van der Waals surface area contributed by atoms with Crippen LogP contribution in [0.2, 0.25) is 0 Å². The standard InChI is InChI=1S/C21H19FN4O2/c1-3-17(21(28)23-15-10-8-14(22)9-11-15)26-18-7-5-4-6-16(18)20-24-19(27)12-13(2)25(20)26/h4-12,17H,3H2,1-2H3,(H,23,28)/t17-/m0/s1. The molecule has 0 saturated heterocycles. The Balaban J connectivity index is 1.88. The molecule has 4 rings (SSSR count). The number of hydrogen-bond donors (Lipinski definition) is 1. The van der Waals surface area contributed by atoms with Crippen LogP contribution < -0.4 is 10.9 Å².